The van der Waals surface area contributed by atoms with Gasteiger partial charge in [0.05, 0.1) is 0 Å². The number of aliphatic hydroxyl groups is 1. The molecule has 1 saturated heterocycles. The average molecular weight is 247 g/mol. The summed E-state index contributed by atoms with van der Waals surface area (Å²) in [6.45, 7) is 5.68. The molecule has 1 heterocycles. The fourth-order valence-electron chi connectivity index (χ4n) is 2.62. The summed E-state index contributed by atoms with van der Waals surface area (Å²) >= 11 is 0. The van der Waals surface area contributed by atoms with Gasteiger partial charge < -0.3 is 10.0 Å². The largest absolute Gasteiger partial charge is 0.396 e. The van der Waals surface area contributed by atoms with Crippen molar-refractivity contribution in [1.82, 2.24) is 4.90 Å². The zero-order valence-corrected chi connectivity index (χ0v) is 11.1. The minimum Gasteiger partial charge on any atom is -0.396 e. The quantitative estimate of drug-likeness (QED) is 0.870. The highest BCUT2D eigenvalue weighted by Crippen LogP contribution is 2.20. The van der Waals surface area contributed by atoms with Crippen molar-refractivity contribution in [3.8, 4) is 0 Å². The molecule has 1 aliphatic heterocycles. The lowest BCUT2D eigenvalue weighted by Crippen LogP contribution is -2.41. The molecule has 1 fully saturated rings. The molecule has 0 aromatic heterocycles. The van der Waals surface area contributed by atoms with Gasteiger partial charge in [-0.15, -0.1) is 0 Å². The van der Waals surface area contributed by atoms with Crippen LogP contribution in [-0.4, -0.2) is 35.6 Å². The third kappa shape index (κ3) is 2.72. The van der Waals surface area contributed by atoms with E-state index in [-0.39, 0.29) is 18.4 Å². The van der Waals surface area contributed by atoms with Gasteiger partial charge in [0.1, 0.15) is 0 Å². The SMILES string of the molecule is Cc1ccc(C(=O)N2CCCC(CO)C2)c(C)c1. The molecular weight excluding hydrogens is 226 g/mol. The molecule has 0 aliphatic carbocycles. The van der Waals surface area contributed by atoms with Gasteiger partial charge in [-0.1, -0.05) is 17.7 Å². The van der Waals surface area contributed by atoms with Crippen LogP contribution in [0.25, 0.3) is 0 Å². The molecule has 0 radical (unpaired) electrons. The Morgan fingerprint density at radius 1 is 1.44 bits per heavy atom. The molecule has 1 atom stereocenters. The van der Waals surface area contributed by atoms with E-state index in [1.165, 1.54) is 5.56 Å². The van der Waals surface area contributed by atoms with E-state index in [1.54, 1.807) is 0 Å². The number of aliphatic hydroxyl groups excluding tert-OH is 1. The average Bonchev–Trinajstić information content (AvgIpc) is 2.38. The Balaban J connectivity index is 2.15. The summed E-state index contributed by atoms with van der Waals surface area (Å²) in [5.74, 6) is 0.346. The first-order valence-corrected chi connectivity index (χ1v) is 6.59. The lowest BCUT2D eigenvalue weighted by molar-refractivity contribution is 0.0620. The Bertz CT molecular complexity index is 442. The predicted octanol–water partition coefficient (Wildman–Crippen LogP) is 2.15. The number of piperidine rings is 1. The fourth-order valence-corrected chi connectivity index (χ4v) is 2.62. The number of amides is 1. The maximum Gasteiger partial charge on any atom is 0.254 e. The number of carbonyl (C=O) groups excluding carboxylic acids is 1. The summed E-state index contributed by atoms with van der Waals surface area (Å²) in [7, 11) is 0. The highest BCUT2D eigenvalue weighted by Gasteiger charge is 2.24. The van der Waals surface area contributed by atoms with E-state index in [2.05, 4.69) is 0 Å². The smallest absolute Gasteiger partial charge is 0.254 e. The standard InChI is InChI=1S/C15H21NO2/c1-11-5-6-14(12(2)8-11)15(18)16-7-3-4-13(9-16)10-17/h5-6,8,13,17H,3-4,7,9-10H2,1-2H3. The van der Waals surface area contributed by atoms with Gasteiger partial charge in [0, 0.05) is 25.3 Å². The van der Waals surface area contributed by atoms with Crippen molar-refractivity contribution in [2.75, 3.05) is 19.7 Å². The zero-order chi connectivity index (χ0) is 13.1. The van der Waals surface area contributed by atoms with Crippen LogP contribution in [0.2, 0.25) is 0 Å². The molecule has 0 bridgehead atoms. The molecule has 1 N–H and O–H groups in total. The van der Waals surface area contributed by atoms with Gasteiger partial charge in [0.2, 0.25) is 0 Å². The van der Waals surface area contributed by atoms with E-state index < -0.39 is 0 Å². The van der Waals surface area contributed by atoms with Gasteiger partial charge >= 0.3 is 0 Å². The third-order valence-electron chi connectivity index (χ3n) is 3.68. The number of benzene rings is 1. The van der Waals surface area contributed by atoms with Crippen LogP contribution >= 0.6 is 0 Å². The van der Waals surface area contributed by atoms with Crippen molar-refractivity contribution in [3.63, 3.8) is 0 Å². The maximum atomic E-state index is 12.4. The fraction of sp³-hybridized carbons (Fsp3) is 0.533. The van der Waals surface area contributed by atoms with E-state index in [0.29, 0.717) is 6.54 Å². The number of aryl methyl sites for hydroxylation is 2. The van der Waals surface area contributed by atoms with Crippen molar-refractivity contribution < 1.29 is 9.90 Å². The van der Waals surface area contributed by atoms with Crippen LogP contribution in [0, 0.1) is 19.8 Å². The molecule has 1 aromatic carbocycles. The number of hydrogen-bond acceptors (Lipinski definition) is 2. The first-order chi connectivity index (χ1) is 8.61. The van der Waals surface area contributed by atoms with Crippen LogP contribution in [0.5, 0.6) is 0 Å². The minimum absolute atomic E-state index is 0.102. The van der Waals surface area contributed by atoms with E-state index in [4.69, 9.17) is 0 Å². The maximum absolute atomic E-state index is 12.4. The highest BCUT2D eigenvalue weighted by atomic mass is 16.3. The summed E-state index contributed by atoms with van der Waals surface area (Å²) in [6, 6.07) is 5.93. The number of hydrogen-bond donors (Lipinski definition) is 1. The Morgan fingerprint density at radius 3 is 2.89 bits per heavy atom. The second-order valence-electron chi connectivity index (χ2n) is 5.26. The topological polar surface area (TPSA) is 40.5 Å². The zero-order valence-electron chi connectivity index (χ0n) is 11.1. The summed E-state index contributed by atoms with van der Waals surface area (Å²) in [5.41, 5.74) is 3.00. The first-order valence-electron chi connectivity index (χ1n) is 6.59. The lowest BCUT2D eigenvalue weighted by Gasteiger charge is -2.32. The van der Waals surface area contributed by atoms with Crippen molar-refractivity contribution in [2.45, 2.75) is 26.7 Å². The predicted molar refractivity (Wildman–Crippen MR) is 71.6 cm³/mol. The Hall–Kier alpha value is -1.35. The van der Waals surface area contributed by atoms with Gasteiger partial charge in [-0.05, 0) is 44.2 Å². The Morgan fingerprint density at radius 2 is 2.22 bits per heavy atom. The van der Waals surface area contributed by atoms with Crippen LogP contribution in [0.4, 0.5) is 0 Å². The second kappa shape index (κ2) is 5.53. The summed E-state index contributed by atoms with van der Waals surface area (Å²) in [4.78, 5) is 14.3. The van der Waals surface area contributed by atoms with Crippen molar-refractivity contribution >= 4 is 5.91 Å². The van der Waals surface area contributed by atoms with Crippen LogP contribution < -0.4 is 0 Å². The lowest BCUT2D eigenvalue weighted by atomic mass is 9.97. The molecule has 1 aliphatic rings. The molecule has 98 valence electrons. The van der Waals surface area contributed by atoms with E-state index >= 15 is 0 Å². The van der Waals surface area contributed by atoms with Crippen molar-refractivity contribution in [1.29, 1.82) is 0 Å². The summed E-state index contributed by atoms with van der Waals surface area (Å²) in [5, 5.41) is 9.21. The van der Waals surface area contributed by atoms with E-state index in [9.17, 15) is 9.90 Å². The summed E-state index contributed by atoms with van der Waals surface area (Å²) in [6.07, 6.45) is 2.01. The number of carbonyl (C=O) groups is 1. The molecule has 1 amide bonds. The molecule has 1 aromatic rings. The van der Waals surface area contributed by atoms with E-state index in [1.807, 2.05) is 36.9 Å². The first kappa shape index (κ1) is 13.1. The second-order valence-corrected chi connectivity index (χ2v) is 5.26. The molecule has 0 spiro atoms. The molecule has 18 heavy (non-hydrogen) atoms. The third-order valence-corrected chi connectivity index (χ3v) is 3.68. The van der Waals surface area contributed by atoms with E-state index in [0.717, 1.165) is 30.5 Å². The Labute approximate surface area is 108 Å². The Kier molecular flexibility index (Phi) is 4.02. The molecule has 2 rings (SSSR count). The van der Waals surface area contributed by atoms with Crippen LogP contribution in [0.1, 0.15) is 34.3 Å². The number of rotatable bonds is 2. The van der Waals surface area contributed by atoms with Gasteiger partial charge in [-0.3, -0.25) is 4.79 Å². The molecular formula is C15H21NO2. The minimum atomic E-state index is 0.102. The monoisotopic (exact) mass is 247 g/mol. The van der Waals surface area contributed by atoms with Crippen molar-refractivity contribution in [2.24, 2.45) is 5.92 Å². The van der Waals surface area contributed by atoms with Crippen LogP contribution in [0.3, 0.4) is 0 Å². The molecule has 3 nitrogen and oxygen atoms in total. The van der Waals surface area contributed by atoms with Gasteiger partial charge in [0.25, 0.3) is 5.91 Å². The van der Waals surface area contributed by atoms with Crippen LogP contribution in [-0.2, 0) is 0 Å². The molecule has 3 heteroatoms. The normalized spacial score (nSPS) is 19.9. The summed E-state index contributed by atoms with van der Waals surface area (Å²) < 4.78 is 0. The van der Waals surface area contributed by atoms with Gasteiger partial charge in [-0.25, -0.2) is 0 Å². The van der Waals surface area contributed by atoms with Gasteiger partial charge in [-0.2, -0.15) is 0 Å². The highest BCUT2D eigenvalue weighted by molar-refractivity contribution is 5.95. The molecule has 1 unspecified atom stereocenters. The van der Waals surface area contributed by atoms with Crippen molar-refractivity contribution in [3.05, 3.63) is 34.9 Å². The van der Waals surface area contributed by atoms with Crippen LogP contribution in [0.15, 0.2) is 18.2 Å². The number of nitrogens with zero attached hydrogens (tertiary/aromatic N) is 1. The van der Waals surface area contributed by atoms with Gasteiger partial charge in [0.15, 0.2) is 0 Å². The molecule has 0 saturated carbocycles. The number of likely N-dealkylation sites (tertiary alicyclic amines) is 1.